The van der Waals surface area contributed by atoms with Crippen LogP contribution in [0.2, 0.25) is 0 Å². The summed E-state index contributed by atoms with van der Waals surface area (Å²) in [7, 11) is -1.08. The Balaban J connectivity index is 1.83. The number of aryl methyl sites for hydroxylation is 2. The lowest BCUT2D eigenvalue weighted by Crippen LogP contribution is -2.33. The van der Waals surface area contributed by atoms with Crippen LogP contribution in [0, 0.1) is 6.92 Å². The molecular formula is C18H24N4O2S. The van der Waals surface area contributed by atoms with E-state index in [4.69, 9.17) is 0 Å². The van der Waals surface area contributed by atoms with Crippen molar-refractivity contribution in [1.82, 2.24) is 9.97 Å². The smallest absolute Gasteiger partial charge is 0.227 e. The Kier molecular flexibility index (Phi) is 4.94. The number of benzene rings is 1. The molecule has 1 saturated heterocycles. The van der Waals surface area contributed by atoms with Crippen molar-refractivity contribution in [1.29, 1.82) is 0 Å². The number of rotatable bonds is 5. The minimum Gasteiger partial charge on any atom is -0.340 e. The second-order valence-electron chi connectivity index (χ2n) is 6.50. The summed E-state index contributed by atoms with van der Waals surface area (Å²) < 4.78 is 23.4. The molecule has 3 rings (SSSR count). The van der Waals surface area contributed by atoms with Crippen molar-refractivity contribution in [2.75, 3.05) is 28.8 Å². The van der Waals surface area contributed by atoms with Crippen LogP contribution >= 0.6 is 0 Å². The highest BCUT2D eigenvalue weighted by Crippen LogP contribution is 2.26. The molecular weight excluding hydrogens is 336 g/mol. The molecule has 6 nitrogen and oxygen atoms in total. The molecule has 1 fully saturated rings. The Morgan fingerprint density at radius 1 is 1.32 bits per heavy atom. The van der Waals surface area contributed by atoms with Gasteiger partial charge in [0.15, 0.2) is 9.84 Å². The Hall–Kier alpha value is -2.15. The number of nitrogens with one attached hydrogen (secondary N) is 1. The van der Waals surface area contributed by atoms with Crippen molar-refractivity contribution in [2.24, 2.45) is 0 Å². The maximum atomic E-state index is 11.7. The first-order valence-electron chi connectivity index (χ1n) is 8.51. The molecule has 1 atom stereocenters. The molecule has 0 amide bonds. The van der Waals surface area contributed by atoms with E-state index < -0.39 is 9.84 Å². The van der Waals surface area contributed by atoms with Crippen LogP contribution in [0.5, 0.6) is 0 Å². The fraction of sp³-hybridized carbons (Fsp3) is 0.444. The molecule has 0 saturated carbocycles. The monoisotopic (exact) mass is 360 g/mol. The number of para-hydroxylation sites is 1. The highest BCUT2D eigenvalue weighted by molar-refractivity contribution is 7.91. The molecule has 1 aliphatic heterocycles. The molecule has 1 N–H and O–H groups in total. The molecule has 1 unspecified atom stereocenters. The SMILES string of the molecule is CCc1cccc(C)c1Nc1ccnc(N(C)C2CCS(=O)(=O)C2)n1. The van der Waals surface area contributed by atoms with Crippen LogP contribution in [0.4, 0.5) is 17.5 Å². The van der Waals surface area contributed by atoms with E-state index in [0.717, 1.165) is 17.7 Å². The van der Waals surface area contributed by atoms with E-state index >= 15 is 0 Å². The van der Waals surface area contributed by atoms with Gasteiger partial charge in [0.1, 0.15) is 5.82 Å². The van der Waals surface area contributed by atoms with Crippen LogP contribution in [0.3, 0.4) is 0 Å². The average Bonchev–Trinajstić information content (AvgIpc) is 2.96. The molecule has 2 heterocycles. The predicted octanol–water partition coefficient (Wildman–Crippen LogP) is 2.71. The molecule has 0 bridgehead atoms. The van der Waals surface area contributed by atoms with E-state index in [9.17, 15) is 8.42 Å². The summed E-state index contributed by atoms with van der Waals surface area (Å²) in [5.74, 6) is 1.66. The maximum absolute atomic E-state index is 11.7. The van der Waals surface area contributed by atoms with Gasteiger partial charge in [-0.25, -0.2) is 13.4 Å². The fourth-order valence-corrected chi connectivity index (χ4v) is 4.94. The second kappa shape index (κ2) is 7.00. The molecule has 0 spiro atoms. The molecule has 1 aromatic heterocycles. The van der Waals surface area contributed by atoms with Gasteiger partial charge in [-0.2, -0.15) is 4.98 Å². The van der Waals surface area contributed by atoms with Crippen LogP contribution in [-0.4, -0.2) is 43.0 Å². The first kappa shape index (κ1) is 17.7. The van der Waals surface area contributed by atoms with Crippen LogP contribution in [-0.2, 0) is 16.3 Å². The van der Waals surface area contributed by atoms with Crippen LogP contribution < -0.4 is 10.2 Å². The normalized spacial score (nSPS) is 18.9. The van der Waals surface area contributed by atoms with Crippen molar-refractivity contribution >= 4 is 27.3 Å². The Bertz CT molecular complexity index is 867. The molecule has 1 aromatic carbocycles. The third-order valence-corrected chi connectivity index (χ3v) is 6.46. The average molecular weight is 360 g/mol. The Morgan fingerprint density at radius 3 is 2.80 bits per heavy atom. The summed E-state index contributed by atoms with van der Waals surface area (Å²) in [6.45, 7) is 4.19. The van der Waals surface area contributed by atoms with Crippen molar-refractivity contribution in [2.45, 2.75) is 32.7 Å². The van der Waals surface area contributed by atoms with Gasteiger partial charge < -0.3 is 10.2 Å². The van der Waals surface area contributed by atoms with E-state index in [-0.39, 0.29) is 17.5 Å². The Morgan fingerprint density at radius 2 is 2.12 bits per heavy atom. The fourth-order valence-electron chi connectivity index (χ4n) is 3.16. The summed E-state index contributed by atoms with van der Waals surface area (Å²) in [6, 6.07) is 7.99. The Labute approximate surface area is 149 Å². The zero-order valence-electron chi connectivity index (χ0n) is 14.9. The summed E-state index contributed by atoms with van der Waals surface area (Å²) in [6.07, 6.45) is 3.26. The van der Waals surface area contributed by atoms with Gasteiger partial charge in [-0.15, -0.1) is 0 Å². The van der Waals surface area contributed by atoms with Gasteiger partial charge in [0, 0.05) is 25.0 Å². The van der Waals surface area contributed by atoms with Crippen molar-refractivity contribution in [3.63, 3.8) is 0 Å². The van der Waals surface area contributed by atoms with Gasteiger partial charge in [-0.1, -0.05) is 25.1 Å². The van der Waals surface area contributed by atoms with Crippen LogP contribution in [0.15, 0.2) is 30.5 Å². The molecule has 25 heavy (non-hydrogen) atoms. The number of aromatic nitrogens is 2. The first-order valence-corrected chi connectivity index (χ1v) is 10.3. The van der Waals surface area contributed by atoms with Gasteiger partial charge in [0.05, 0.1) is 11.5 Å². The lowest BCUT2D eigenvalue weighted by molar-refractivity contribution is 0.600. The molecule has 2 aromatic rings. The summed E-state index contributed by atoms with van der Waals surface area (Å²) >= 11 is 0. The van der Waals surface area contributed by atoms with Crippen molar-refractivity contribution in [3.05, 3.63) is 41.6 Å². The predicted molar refractivity (Wildman–Crippen MR) is 101 cm³/mol. The van der Waals surface area contributed by atoms with Gasteiger partial charge in [-0.05, 0) is 37.0 Å². The third-order valence-electron chi connectivity index (χ3n) is 4.71. The first-order chi connectivity index (χ1) is 11.9. The zero-order chi connectivity index (χ0) is 18.0. The van der Waals surface area contributed by atoms with Crippen LogP contribution in [0.25, 0.3) is 0 Å². The quantitative estimate of drug-likeness (QED) is 0.884. The zero-order valence-corrected chi connectivity index (χ0v) is 15.7. The minimum absolute atomic E-state index is 0.0649. The third kappa shape index (κ3) is 3.92. The van der Waals surface area contributed by atoms with Gasteiger partial charge in [-0.3, -0.25) is 0 Å². The summed E-state index contributed by atoms with van der Waals surface area (Å²) in [5.41, 5.74) is 3.46. The highest BCUT2D eigenvalue weighted by atomic mass is 32.2. The lowest BCUT2D eigenvalue weighted by atomic mass is 10.1. The number of anilines is 3. The topological polar surface area (TPSA) is 75.2 Å². The van der Waals surface area contributed by atoms with E-state index in [2.05, 4.69) is 47.3 Å². The number of sulfone groups is 1. The molecule has 0 radical (unpaired) electrons. The standard InChI is InChI=1S/C18H24N4O2S/c1-4-14-7-5-6-13(2)17(14)20-16-8-10-19-18(21-16)22(3)15-9-11-25(23,24)12-15/h5-8,10,15H,4,9,11-12H2,1-3H3,(H,19,20,21). The van der Waals surface area contributed by atoms with Crippen molar-refractivity contribution < 1.29 is 8.42 Å². The summed E-state index contributed by atoms with van der Waals surface area (Å²) in [5, 5.41) is 3.40. The van der Waals surface area contributed by atoms with E-state index in [1.165, 1.54) is 5.56 Å². The molecule has 0 aliphatic carbocycles. The van der Waals surface area contributed by atoms with E-state index in [1.54, 1.807) is 6.20 Å². The summed E-state index contributed by atoms with van der Waals surface area (Å²) in [4.78, 5) is 10.8. The van der Waals surface area contributed by atoms with Gasteiger partial charge in [0.25, 0.3) is 0 Å². The highest BCUT2D eigenvalue weighted by Gasteiger charge is 2.31. The van der Waals surface area contributed by atoms with Gasteiger partial charge in [0.2, 0.25) is 5.95 Å². The lowest BCUT2D eigenvalue weighted by Gasteiger charge is -2.23. The molecule has 134 valence electrons. The molecule has 7 heteroatoms. The molecule has 1 aliphatic rings. The van der Waals surface area contributed by atoms with E-state index in [0.29, 0.717) is 18.2 Å². The maximum Gasteiger partial charge on any atom is 0.227 e. The van der Waals surface area contributed by atoms with Gasteiger partial charge >= 0.3 is 0 Å². The minimum atomic E-state index is -2.93. The number of hydrogen-bond acceptors (Lipinski definition) is 6. The number of hydrogen-bond donors (Lipinski definition) is 1. The second-order valence-corrected chi connectivity index (χ2v) is 8.73. The van der Waals surface area contributed by atoms with Crippen molar-refractivity contribution in [3.8, 4) is 0 Å². The van der Waals surface area contributed by atoms with Crippen LogP contribution in [0.1, 0.15) is 24.5 Å². The largest absolute Gasteiger partial charge is 0.340 e. The number of nitrogens with zero attached hydrogens (tertiary/aromatic N) is 3. The van der Waals surface area contributed by atoms with E-state index in [1.807, 2.05) is 18.0 Å².